The minimum Gasteiger partial charge on any atom is -0.493 e. The average Bonchev–Trinajstić information content (AvgIpc) is 2.94. The largest absolute Gasteiger partial charge is 0.493 e. The summed E-state index contributed by atoms with van der Waals surface area (Å²) in [7, 11) is 0. The summed E-state index contributed by atoms with van der Waals surface area (Å²) < 4.78 is 12.4. The normalized spacial score (nSPS) is 11.3. The Hall–Kier alpha value is -2.68. The van der Waals surface area contributed by atoms with Gasteiger partial charge in [0.05, 0.1) is 13.2 Å². The lowest BCUT2D eigenvalue weighted by molar-refractivity contribution is 0.312. The van der Waals surface area contributed by atoms with Crippen LogP contribution in [0.3, 0.4) is 0 Å². The molecule has 0 aliphatic carbocycles. The van der Waals surface area contributed by atoms with Gasteiger partial charge in [-0.3, -0.25) is 21.6 Å². The number of benzene rings is 2. The molecule has 0 saturated carbocycles. The van der Waals surface area contributed by atoms with Crippen LogP contribution < -0.4 is 32.4 Å². The van der Waals surface area contributed by atoms with Crippen molar-refractivity contribution >= 4 is 67.7 Å². The highest BCUT2D eigenvalue weighted by Gasteiger charge is 2.29. The maximum Gasteiger partial charge on any atom is 0.151 e. The summed E-state index contributed by atoms with van der Waals surface area (Å²) in [5.74, 6) is 3.32. The highest BCUT2D eigenvalue weighted by Crippen LogP contribution is 2.42. The van der Waals surface area contributed by atoms with Gasteiger partial charge in [-0.1, -0.05) is 99.0 Å². The summed E-state index contributed by atoms with van der Waals surface area (Å²) >= 11 is 4.94. The maximum atomic E-state index is 7.80. The van der Waals surface area contributed by atoms with Gasteiger partial charge in [0.25, 0.3) is 0 Å². The summed E-state index contributed by atoms with van der Waals surface area (Å²) in [5.41, 5.74) is 28.1. The summed E-state index contributed by atoms with van der Waals surface area (Å²) in [6, 6.07) is 8.44. The summed E-state index contributed by atoms with van der Waals surface area (Å²) in [6.45, 7) is 9.44. The summed E-state index contributed by atoms with van der Waals surface area (Å²) in [4.78, 5) is 0. The Balaban J connectivity index is 2.80. The van der Waals surface area contributed by atoms with E-state index in [2.05, 4.69) is 38.1 Å². The number of hydrogen-bond acceptors (Lipinski definition) is 10. The molecular weight excluding hydrogens is 621 g/mol. The van der Waals surface area contributed by atoms with E-state index >= 15 is 0 Å². The molecule has 0 fully saturated rings. The van der Waals surface area contributed by atoms with Gasteiger partial charge >= 0.3 is 0 Å². The maximum absolute atomic E-state index is 7.80. The zero-order chi connectivity index (χ0) is 32.2. The SMILES string of the molecule is CCCOc1c(CSC(=N)N)cc(C(C)(C)c2cc(CSC(=N)N)c(OCCC)c(CSC(=N)N)c2)cc1CSC(=N)N. The Morgan fingerprint density at radius 2 is 0.837 bits per heavy atom. The van der Waals surface area contributed by atoms with Crippen LogP contribution in [-0.4, -0.2) is 33.9 Å². The predicted molar refractivity (Wildman–Crippen MR) is 189 cm³/mol. The lowest BCUT2D eigenvalue weighted by Gasteiger charge is -2.30. The number of amidine groups is 4. The first-order valence-electron chi connectivity index (χ1n) is 13.7. The van der Waals surface area contributed by atoms with E-state index in [1.807, 2.05) is 13.8 Å². The first-order valence-corrected chi connectivity index (χ1v) is 17.7. The number of ether oxygens (including phenoxy) is 2. The molecule has 0 spiro atoms. The van der Waals surface area contributed by atoms with Crippen LogP contribution in [0.15, 0.2) is 24.3 Å². The van der Waals surface area contributed by atoms with Gasteiger partial charge in [-0.25, -0.2) is 0 Å². The molecule has 0 unspecified atom stereocenters. The van der Waals surface area contributed by atoms with Crippen LogP contribution in [0.4, 0.5) is 0 Å². The Morgan fingerprint density at radius 1 is 0.581 bits per heavy atom. The number of rotatable bonds is 16. The van der Waals surface area contributed by atoms with E-state index in [4.69, 9.17) is 54.0 Å². The molecule has 0 heterocycles. The first kappa shape index (κ1) is 36.5. The fourth-order valence-corrected chi connectivity index (χ4v) is 6.33. The Bertz CT molecular complexity index is 1140. The molecule has 12 N–H and O–H groups in total. The van der Waals surface area contributed by atoms with Crippen molar-refractivity contribution in [3.05, 3.63) is 57.6 Å². The molecule has 0 aliphatic rings. The van der Waals surface area contributed by atoms with Crippen molar-refractivity contribution in [2.45, 2.75) is 69.0 Å². The van der Waals surface area contributed by atoms with Gasteiger partial charge in [-0.05, 0) is 24.0 Å². The molecule has 14 heteroatoms. The fraction of sp³-hybridized carbons (Fsp3) is 0.448. The fourth-order valence-electron chi connectivity index (χ4n) is 4.23. The second kappa shape index (κ2) is 17.6. The molecule has 0 aromatic heterocycles. The summed E-state index contributed by atoms with van der Waals surface area (Å²) in [5, 5.41) is 31.3. The first-order chi connectivity index (χ1) is 20.3. The lowest BCUT2D eigenvalue weighted by atomic mass is 9.76. The lowest BCUT2D eigenvalue weighted by Crippen LogP contribution is -2.21. The molecule has 2 aromatic rings. The molecule has 0 atom stereocenters. The van der Waals surface area contributed by atoms with Gasteiger partial charge in [0, 0.05) is 50.7 Å². The zero-order valence-electron chi connectivity index (χ0n) is 25.2. The van der Waals surface area contributed by atoms with Crippen LogP contribution >= 0.6 is 47.0 Å². The molecule has 0 aliphatic heterocycles. The smallest absolute Gasteiger partial charge is 0.151 e. The molecule has 2 rings (SSSR count). The van der Waals surface area contributed by atoms with Gasteiger partial charge in [-0.15, -0.1) is 0 Å². The molecule has 10 nitrogen and oxygen atoms in total. The van der Waals surface area contributed by atoms with Crippen LogP contribution in [0.5, 0.6) is 11.5 Å². The second-order valence-electron chi connectivity index (χ2n) is 10.2. The molecule has 0 saturated heterocycles. The van der Waals surface area contributed by atoms with E-state index in [0.717, 1.165) is 57.7 Å². The molecule has 0 radical (unpaired) electrons. The quantitative estimate of drug-likeness (QED) is 0.0762. The molecule has 0 bridgehead atoms. The van der Waals surface area contributed by atoms with Gasteiger partial charge in [0.1, 0.15) is 11.5 Å². The Morgan fingerprint density at radius 3 is 1.05 bits per heavy atom. The van der Waals surface area contributed by atoms with Crippen molar-refractivity contribution in [3.63, 3.8) is 0 Å². The van der Waals surface area contributed by atoms with E-state index in [-0.39, 0.29) is 20.7 Å². The third-order valence-corrected chi connectivity index (χ3v) is 9.43. The topological polar surface area (TPSA) is 218 Å². The van der Waals surface area contributed by atoms with E-state index in [1.165, 1.54) is 47.0 Å². The number of nitrogens with one attached hydrogen (secondary N) is 4. The third kappa shape index (κ3) is 11.4. The third-order valence-electron chi connectivity index (χ3n) is 6.36. The van der Waals surface area contributed by atoms with E-state index in [9.17, 15) is 0 Å². The second-order valence-corrected chi connectivity index (χ2v) is 14.2. The van der Waals surface area contributed by atoms with Crippen LogP contribution in [0.25, 0.3) is 0 Å². The molecular formula is C29H44N8O2S4. The van der Waals surface area contributed by atoms with Crippen molar-refractivity contribution in [2.24, 2.45) is 22.9 Å². The van der Waals surface area contributed by atoms with Crippen molar-refractivity contribution in [1.82, 2.24) is 0 Å². The van der Waals surface area contributed by atoms with E-state index < -0.39 is 5.41 Å². The van der Waals surface area contributed by atoms with Gasteiger partial charge in [-0.2, -0.15) is 0 Å². The standard InChI is InChI=1S/C29H44N8O2S4/c1-5-7-38-23-17(13-40-25(30)31)9-21(10-18(23)14-41-26(32)33)29(3,4)22-11-19(15-42-27(34)35)24(39-8-6-2)20(12-22)16-43-28(36)37/h9-12H,5-8,13-16H2,1-4H3,(H3,30,31)(H3,32,33)(H3,34,35)(H3,36,37). The van der Waals surface area contributed by atoms with Gasteiger partial charge in [0.2, 0.25) is 0 Å². The number of nitrogens with two attached hydrogens (primary N) is 4. The van der Waals surface area contributed by atoms with Crippen LogP contribution in [0.2, 0.25) is 0 Å². The molecule has 2 aromatic carbocycles. The zero-order valence-corrected chi connectivity index (χ0v) is 28.5. The summed E-state index contributed by atoms with van der Waals surface area (Å²) in [6.07, 6.45) is 1.67. The Labute approximate surface area is 272 Å². The molecule has 236 valence electrons. The van der Waals surface area contributed by atoms with E-state index in [1.54, 1.807) is 0 Å². The minimum atomic E-state index is -0.511. The van der Waals surface area contributed by atoms with Gasteiger partial charge in [0.15, 0.2) is 20.7 Å². The van der Waals surface area contributed by atoms with Gasteiger partial charge < -0.3 is 32.4 Å². The average molecular weight is 665 g/mol. The predicted octanol–water partition coefficient (Wildman–Crippen LogP) is 6.10. The van der Waals surface area contributed by atoms with Crippen LogP contribution in [0, 0.1) is 21.6 Å². The van der Waals surface area contributed by atoms with Crippen molar-refractivity contribution in [3.8, 4) is 11.5 Å². The van der Waals surface area contributed by atoms with E-state index in [0.29, 0.717) is 36.2 Å². The highest BCUT2D eigenvalue weighted by molar-refractivity contribution is 8.13. The van der Waals surface area contributed by atoms with Crippen molar-refractivity contribution in [2.75, 3.05) is 13.2 Å². The minimum absolute atomic E-state index is 0.0219. The van der Waals surface area contributed by atoms with Crippen molar-refractivity contribution < 1.29 is 9.47 Å². The van der Waals surface area contributed by atoms with Crippen LogP contribution in [0.1, 0.15) is 73.9 Å². The Kier molecular flexibility index (Phi) is 14.9. The van der Waals surface area contributed by atoms with Crippen LogP contribution in [-0.2, 0) is 28.4 Å². The number of thioether (sulfide) groups is 4. The monoisotopic (exact) mass is 664 g/mol. The molecule has 0 amide bonds. The van der Waals surface area contributed by atoms with Crippen molar-refractivity contribution in [1.29, 1.82) is 21.6 Å². The highest BCUT2D eigenvalue weighted by atomic mass is 32.2. The molecule has 43 heavy (non-hydrogen) atoms. The number of hydrogen-bond donors (Lipinski definition) is 8.